The summed E-state index contributed by atoms with van der Waals surface area (Å²) in [7, 11) is -2.29. The molecular weight excluding hydrogens is 426 g/mol. The molecule has 2 aliphatic heterocycles. The quantitative estimate of drug-likeness (QED) is 0.660. The number of rotatable bonds is 4. The van der Waals surface area contributed by atoms with Crippen molar-refractivity contribution in [1.82, 2.24) is 0 Å². The second-order valence-corrected chi connectivity index (χ2v) is 9.77. The zero-order valence-electron chi connectivity index (χ0n) is 15.9. The number of amides is 1. The van der Waals surface area contributed by atoms with Crippen LogP contribution in [0.3, 0.4) is 0 Å². The summed E-state index contributed by atoms with van der Waals surface area (Å²) in [5, 5.41) is 4.36. The van der Waals surface area contributed by atoms with E-state index in [9.17, 15) is 13.2 Å². The average Bonchev–Trinajstić information content (AvgIpc) is 3.39. The summed E-state index contributed by atoms with van der Waals surface area (Å²) in [5.41, 5.74) is 1.24. The Kier molecular flexibility index (Phi) is 4.44. The molecular formula is C21H17NO6S2. The fourth-order valence-electron chi connectivity index (χ4n) is 3.68. The SMILES string of the molecule is COc1ccc(S(=O)(=O)c2csc3c2NC(=O)C[C@H]3c2ccc3c(c2)OCO3)cc1. The summed E-state index contributed by atoms with van der Waals surface area (Å²) >= 11 is 1.33. The van der Waals surface area contributed by atoms with Gasteiger partial charge in [0.1, 0.15) is 10.6 Å². The van der Waals surface area contributed by atoms with Gasteiger partial charge < -0.3 is 19.5 Å². The van der Waals surface area contributed by atoms with Crippen molar-refractivity contribution >= 4 is 32.8 Å². The molecule has 2 aromatic carbocycles. The second kappa shape index (κ2) is 7.03. The van der Waals surface area contributed by atoms with Crippen molar-refractivity contribution in [1.29, 1.82) is 0 Å². The molecule has 1 atom stereocenters. The number of sulfone groups is 1. The monoisotopic (exact) mass is 443 g/mol. The molecule has 0 unspecified atom stereocenters. The van der Waals surface area contributed by atoms with Gasteiger partial charge in [0.2, 0.25) is 22.5 Å². The molecule has 3 aromatic rings. The lowest BCUT2D eigenvalue weighted by Gasteiger charge is -2.24. The molecule has 0 radical (unpaired) electrons. The maximum Gasteiger partial charge on any atom is 0.231 e. The number of methoxy groups -OCH3 is 1. The summed E-state index contributed by atoms with van der Waals surface area (Å²) < 4.78 is 42.4. The van der Waals surface area contributed by atoms with Crippen molar-refractivity contribution in [2.75, 3.05) is 19.2 Å². The second-order valence-electron chi connectivity index (χ2n) is 6.94. The van der Waals surface area contributed by atoms with Crippen molar-refractivity contribution in [2.45, 2.75) is 22.1 Å². The highest BCUT2D eigenvalue weighted by Gasteiger charge is 2.35. The molecule has 0 spiro atoms. The molecule has 3 heterocycles. The van der Waals surface area contributed by atoms with E-state index in [1.165, 1.54) is 30.6 Å². The number of thiophene rings is 1. The predicted octanol–water partition coefficient (Wildman–Crippen LogP) is 3.79. The van der Waals surface area contributed by atoms with Gasteiger partial charge in [0, 0.05) is 22.6 Å². The number of carbonyl (C=O) groups excluding carboxylic acids is 1. The van der Waals surface area contributed by atoms with Crippen LogP contribution in [0, 0.1) is 0 Å². The summed E-state index contributed by atoms with van der Waals surface area (Å²) in [5.74, 6) is 1.37. The number of anilines is 1. The van der Waals surface area contributed by atoms with E-state index in [-0.39, 0.29) is 34.8 Å². The number of benzene rings is 2. The predicted molar refractivity (Wildman–Crippen MR) is 110 cm³/mol. The van der Waals surface area contributed by atoms with Gasteiger partial charge in [0.25, 0.3) is 0 Å². The lowest BCUT2D eigenvalue weighted by atomic mass is 9.90. The molecule has 0 saturated carbocycles. The zero-order chi connectivity index (χ0) is 20.9. The van der Waals surface area contributed by atoms with E-state index in [4.69, 9.17) is 14.2 Å². The van der Waals surface area contributed by atoms with Crippen molar-refractivity contribution < 1.29 is 27.4 Å². The van der Waals surface area contributed by atoms with E-state index in [0.29, 0.717) is 22.9 Å². The molecule has 0 saturated heterocycles. The number of carbonyl (C=O) groups is 1. The first kappa shape index (κ1) is 19.0. The Hall–Kier alpha value is -3.04. The Bertz CT molecular complexity index is 1250. The minimum absolute atomic E-state index is 0.103. The third kappa shape index (κ3) is 3.01. The maximum atomic E-state index is 13.2. The summed E-state index contributed by atoms with van der Waals surface area (Å²) in [6, 6.07) is 11.7. The Balaban J connectivity index is 1.57. The van der Waals surface area contributed by atoms with Crippen molar-refractivity contribution in [3.63, 3.8) is 0 Å². The Morgan fingerprint density at radius 3 is 2.63 bits per heavy atom. The number of fused-ring (bicyclic) bond motifs is 2. The highest BCUT2D eigenvalue weighted by Crippen LogP contribution is 2.47. The van der Waals surface area contributed by atoms with Crippen LogP contribution in [-0.4, -0.2) is 28.2 Å². The Morgan fingerprint density at radius 1 is 1.10 bits per heavy atom. The molecule has 0 fully saturated rings. The Morgan fingerprint density at radius 2 is 1.87 bits per heavy atom. The lowest BCUT2D eigenvalue weighted by Crippen LogP contribution is -2.23. The zero-order valence-corrected chi connectivity index (χ0v) is 17.5. The van der Waals surface area contributed by atoms with E-state index in [1.54, 1.807) is 17.5 Å². The van der Waals surface area contributed by atoms with Gasteiger partial charge in [0.05, 0.1) is 17.7 Å². The van der Waals surface area contributed by atoms with Crippen molar-refractivity contribution in [2.24, 2.45) is 0 Å². The van der Waals surface area contributed by atoms with E-state index < -0.39 is 9.84 Å². The highest BCUT2D eigenvalue weighted by molar-refractivity contribution is 7.91. The smallest absolute Gasteiger partial charge is 0.231 e. The maximum absolute atomic E-state index is 13.2. The summed E-state index contributed by atoms with van der Waals surface area (Å²) in [6.45, 7) is 0.165. The van der Waals surface area contributed by atoms with Gasteiger partial charge in [-0.1, -0.05) is 6.07 Å². The first-order chi connectivity index (χ1) is 14.5. The number of hydrogen-bond acceptors (Lipinski definition) is 7. The third-order valence-electron chi connectivity index (χ3n) is 5.21. The number of nitrogens with one attached hydrogen (secondary N) is 1. The van der Waals surface area contributed by atoms with Gasteiger partial charge in [0.15, 0.2) is 11.5 Å². The topological polar surface area (TPSA) is 90.9 Å². The van der Waals surface area contributed by atoms with E-state index in [1.807, 2.05) is 18.2 Å². The van der Waals surface area contributed by atoms with Crippen LogP contribution in [0.15, 0.2) is 57.6 Å². The van der Waals surface area contributed by atoms with Crippen molar-refractivity contribution in [3.05, 3.63) is 58.3 Å². The molecule has 2 aliphatic rings. The van der Waals surface area contributed by atoms with E-state index >= 15 is 0 Å². The van der Waals surface area contributed by atoms with Gasteiger partial charge in [-0.05, 0) is 42.0 Å². The van der Waals surface area contributed by atoms with Crippen LogP contribution in [-0.2, 0) is 14.6 Å². The van der Waals surface area contributed by atoms with Crippen LogP contribution in [0.2, 0.25) is 0 Å². The molecule has 1 N–H and O–H groups in total. The number of hydrogen-bond donors (Lipinski definition) is 1. The molecule has 5 rings (SSSR count). The van der Waals surface area contributed by atoms with Crippen LogP contribution >= 0.6 is 11.3 Å². The van der Waals surface area contributed by atoms with E-state index in [0.717, 1.165) is 10.4 Å². The minimum atomic E-state index is -3.81. The normalized spacial score (nSPS) is 17.4. The first-order valence-electron chi connectivity index (χ1n) is 9.17. The fraction of sp³-hybridized carbons (Fsp3) is 0.190. The highest BCUT2D eigenvalue weighted by atomic mass is 32.2. The van der Waals surface area contributed by atoms with Crippen LogP contribution < -0.4 is 19.5 Å². The van der Waals surface area contributed by atoms with Gasteiger partial charge in [-0.15, -0.1) is 11.3 Å². The van der Waals surface area contributed by atoms with E-state index in [2.05, 4.69) is 5.32 Å². The molecule has 30 heavy (non-hydrogen) atoms. The number of ether oxygens (including phenoxy) is 3. The van der Waals surface area contributed by atoms with Gasteiger partial charge in [-0.2, -0.15) is 0 Å². The van der Waals surface area contributed by atoms with Crippen LogP contribution in [0.1, 0.15) is 22.8 Å². The van der Waals surface area contributed by atoms with Gasteiger partial charge in [-0.25, -0.2) is 8.42 Å². The van der Waals surface area contributed by atoms with Crippen LogP contribution in [0.5, 0.6) is 17.2 Å². The molecule has 1 aromatic heterocycles. The fourth-order valence-corrected chi connectivity index (χ4v) is 6.59. The minimum Gasteiger partial charge on any atom is -0.497 e. The standard InChI is InChI=1S/C21H17NO6S2/c1-26-13-3-5-14(6-4-13)30(24,25)18-10-29-21-15(9-19(23)22-20(18)21)12-2-7-16-17(8-12)28-11-27-16/h2-8,10,15H,9,11H2,1H3,(H,22,23)/t15-/m0/s1. The van der Waals surface area contributed by atoms with Crippen LogP contribution in [0.4, 0.5) is 5.69 Å². The Labute approximate surface area is 177 Å². The first-order valence-corrected chi connectivity index (χ1v) is 11.5. The summed E-state index contributed by atoms with van der Waals surface area (Å²) in [6.07, 6.45) is 0.231. The lowest BCUT2D eigenvalue weighted by molar-refractivity contribution is -0.116. The molecule has 9 heteroatoms. The molecule has 1 amide bonds. The van der Waals surface area contributed by atoms with Crippen LogP contribution in [0.25, 0.3) is 0 Å². The molecule has 0 bridgehead atoms. The molecule has 7 nitrogen and oxygen atoms in total. The molecule has 0 aliphatic carbocycles. The molecule has 154 valence electrons. The summed E-state index contributed by atoms with van der Waals surface area (Å²) in [4.78, 5) is 13.5. The van der Waals surface area contributed by atoms with Crippen molar-refractivity contribution in [3.8, 4) is 17.2 Å². The van der Waals surface area contributed by atoms with Gasteiger partial charge in [-0.3, -0.25) is 4.79 Å². The third-order valence-corrected chi connectivity index (χ3v) is 8.25. The van der Waals surface area contributed by atoms with Gasteiger partial charge >= 0.3 is 0 Å². The average molecular weight is 444 g/mol. The largest absolute Gasteiger partial charge is 0.497 e.